The summed E-state index contributed by atoms with van der Waals surface area (Å²) in [5, 5.41) is 16.7. The maximum atomic E-state index is 11.9. The van der Waals surface area contributed by atoms with Gasteiger partial charge in [-0.15, -0.1) is 0 Å². The van der Waals surface area contributed by atoms with E-state index in [1.54, 1.807) is 6.92 Å². The highest BCUT2D eigenvalue weighted by molar-refractivity contribution is 8.00. The maximum absolute atomic E-state index is 11.9. The molecular formula is C13H16N4O2S. The first kappa shape index (κ1) is 14.6. The lowest BCUT2D eigenvalue weighted by Crippen LogP contribution is -2.19. The molecule has 1 heterocycles. The lowest BCUT2D eigenvalue weighted by molar-refractivity contribution is -0.138. The number of nitrogens with zero attached hydrogens (tertiary/aromatic N) is 3. The molecule has 1 unspecified atom stereocenters. The predicted octanol–water partition coefficient (Wildman–Crippen LogP) is 2.22. The van der Waals surface area contributed by atoms with Crippen molar-refractivity contribution in [3.8, 4) is 6.07 Å². The van der Waals surface area contributed by atoms with Crippen LogP contribution in [0.5, 0.6) is 0 Å². The minimum absolute atomic E-state index is 0.0794. The topological polar surface area (TPSA) is 91.7 Å². The third-order valence-electron chi connectivity index (χ3n) is 3.11. The molecule has 1 aromatic heterocycles. The Morgan fingerprint density at radius 3 is 3.15 bits per heavy atom. The van der Waals surface area contributed by atoms with Crippen LogP contribution in [0.25, 0.3) is 0 Å². The van der Waals surface area contributed by atoms with E-state index in [9.17, 15) is 10.1 Å². The van der Waals surface area contributed by atoms with Crippen LogP contribution in [-0.4, -0.2) is 33.0 Å². The van der Waals surface area contributed by atoms with E-state index < -0.39 is 5.97 Å². The summed E-state index contributed by atoms with van der Waals surface area (Å²) in [6.45, 7) is 2.01. The zero-order chi connectivity index (χ0) is 14.4. The van der Waals surface area contributed by atoms with Crippen molar-refractivity contribution in [2.24, 2.45) is 0 Å². The molecule has 1 aliphatic carbocycles. The number of aromatic amines is 1. The fourth-order valence-corrected chi connectivity index (χ4v) is 3.38. The number of ether oxygens (including phenoxy) is 1. The van der Waals surface area contributed by atoms with Crippen LogP contribution >= 0.6 is 11.8 Å². The fourth-order valence-electron chi connectivity index (χ4n) is 2.23. The first-order valence-electron chi connectivity index (χ1n) is 6.58. The van der Waals surface area contributed by atoms with E-state index in [1.165, 1.54) is 18.1 Å². The molecule has 0 bridgehead atoms. The number of rotatable bonds is 4. The minimum Gasteiger partial charge on any atom is -0.462 e. The summed E-state index contributed by atoms with van der Waals surface area (Å²) in [5.74, 6) is -0.518. The summed E-state index contributed by atoms with van der Waals surface area (Å²) in [6, 6.07) is 2.01. The highest BCUT2D eigenvalue weighted by Gasteiger charge is 2.27. The summed E-state index contributed by atoms with van der Waals surface area (Å²) in [4.78, 5) is 16.0. The lowest BCUT2D eigenvalue weighted by Gasteiger charge is -2.24. The number of hydrogen-bond donors (Lipinski definition) is 1. The summed E-state index contributed by atoms with van der Waals surface area (Å²) in [5.41, 5.74) is 1.03. The molecule has 1 atom stereocenters. The van der Waals surface area contributed by atoms with E-state index in [0.717, 1.165) is 31.3 Å². The second kappa shape index (κ2) is 7.10. The Hall–Kier alpha value is -1.81. The van der Waals surface area contributed by atoms with Crippen molar-refractivity contribution in [2.45, 2.75) is 43.0 Å². The van der Waals surface area contributed by atoms with Crippen molar-refractivity contribution in [3.63, 3.8) is 0 Å². The van der Waals surface area contributed by atoms with Gasteiger partial charge in [-0.1, -0.05) is 18.2 Å². The van der Waals surface area contributed by atoms with Crippen LogP contribution < -0.4 is 0 Å². The molecule has 1 aromatic rings. The molecule has 0 aromatic carbocycles. The van der Waals surface area contributed by atoms with Gasteiger partial charge in [-0.2, -0.15) is 10.4 Å². The van der Waals surface area contributed by atoms with Crippen molar-refractivity contribution in [1.29, 1.82) is 5.26 Å². The second-order valence-electron chi connectivity index (χ2n) is 4.38. The smallest absolute Gasteiger partial charge is 0.348 e. The number of carbonyl (C=O) groups excluding carboxylic acids is 1. The average molecular weight is 292 g/mol. The first-order chi connectivity index (χ1) is 9.76. The summed E-state index contributed by atoms with van der Waals surface area (Å²) in [6.07, 6.45) is 5.20. The van der Waals surface area contributed by atoms with E-state index >= 15 is 0 Å². The molecule has 0 saturated heterocycles. The Bertz CT molecular complexity index is 533. The normalized spacial score (nSPS) is 21.1. The van der Waals surface area contributed by atoms with Crippen LogP contribution in [0.2, 0.25) is 0 Å². The molecule has 7 heteroatoms. The SMILES string of the molecule is CCOC(=O)C(C#N)=C1CCCCC1Sc1ncn[nH]1. The monoisotopic (exact) mass is 292 g/mol. The zero-order valence-corrected chi connectivity index (χ0v) is 12.1. The molecule has 2 rings (SSSR count). The molecule has 1 fully saturated rings. The number of esters is 1. The van der Waals surface area contributed by atoms with Crippen molar-refractivity contribution < 1.29 is 9.53 Å². The number of nitrogens with one attached hydrogen (secondary N) is 1. The van der Waals surface area contributed by atoms with Gasteiger partial charge in [0.1, 0.15) is 18.0 Å². The van der Waals surface area contributed by atoms with Gasteiger partial charge < -0.3 is 4.74 Å². The summed E-state index contributed by atoms with van der Waals surface area (Å²) >= 11 is 1.51. The molecule has 0 spiro atoms. The number of nitriles is 1. The van der Waals surface area contributed by atoms with Crippen molar-refractivity contribution in [3.05, 3.63) is 17.5 Å². The molecule has 1 saturated carbocycles. The highest BCUT2D eigenvalue weighted by Crippen LogP contribution is 2.37. The maximum Gasteiger partial charge on any atom is 0.348 e. The van der Waals surface area contributed by atoms with Gasteiger partial charge in [0.05, 0.1) is 6.61 Å². The second-order valence-corrected chi connectivity index (χ2v) is 5.57. The number of hydrogen-bond acceptors (Lipinski definition) is 6. The Balaban J connectivity index is 2.24. The fraction of sp³-hybridized carbons (Fsp3) is 0.538. The number of thioether (sulfide) groups is 1. The van der Waals surface area contributed by atoms with Gasteiger partial charge in [-0.3, -0.25) is 5.10 Å². The van der Waals surface area contributed by atoms with Crippen molar-refractivity contribution >= 4 is 17.7 Å². The number of aromatic nitrogens is 3. The molecule has 1 aliphatic rings. The lowest BCUT2D eigenvalue weighted by atomic mass is 9.91. The van der Waals surface area contributed by atoms with E-state index in [2.05, 4.69) is 15.2 Å². The third-order valence-corrected chi connectivity index (χ3v) is 4.34. The Kier molecular flexibility index (Phi) is 5.18. The predicted molar refractivity (Wildman–Crippen MR) is 73.8 cm³/mol. The highest BCUT2D eigenvalue weighted by atomic mass is 32.2. The third kappa shape index (κ3) is 3.39. The molecule has 0 aliphatic heterocycles. The molecule has 20 heavy (non-hydrogen) atoms. The van der Waals surface area contributed by atoms with E-state index in [-0.39, 0.29) is 17.4 Å². The van der Waals surface area contributed by atoms with Crippen LogP contribution in [0.3, 0.4) is 0 Å². The van der Waals surface area contributed by atoms with Gasteiger partial charge in [0, 0.05) is 5.25 Å². The quantitative estimate of drug-likeness (QED) is 0.520. The van der Waals surface area contributed by atoms with Gasteiger partial charge in [-0.05, 0) is 31.8 Å². The van der Waals surface area contributed by atoms with Crippen LogP contribution in [-0.2, 0) is 9.53 Å². The largest absolute Gasteiger partial charge is 0.462 e. The Labute approximate surface area is 121 Å². The Morgan fingerprint density at radius 2 is 2.50 bits per heavy atom. The van der Waals surface area contributed by atoms with Gasteiger partial charge in [0.25, 0.3) is 0 Å². The average Bonchev–Trinajstić information content (AvgIpc) is 2.95. The van der Waals surface area contributed by atoms with Crippen LogP contribution in [0.4, 0.5) is 0 Å². The van der Waals surface area contributed by atoms with Crippen LogP contribution in [0.1, 0.15) is 32.6 Å². The van der Waals surface area contributed by atoms with Gasteiger partial charge in [0.15, 0.2) is 5.16 Å². The molecule has 0 radical (unpaired) electrons. The zero-order valence-electron chi connectivity index (χ0n) is 11.3. The first-order valence-corrected chi connectivity index (χ1v) is 7.46. The van der Waals surface area contributed by atoms with Gasteiger partial charge in [0.2, 0.25) is 0 Å². The van der Waals surface area contributed by atoms with E-state index in [4.69, 9.17) is 4.74 Å². The van der Waals surface area contributed by atoms with Crippen molar-refractivity contribution in [1.82, 2.24) is 15.2 Å². The molecular weight excluding hydrogens is 276 g/mol. The van der Waals surface area contributed by atoms with E-state index in [0.29, 0.717) is 5.16 Å². The molecule has 1 N–H and O–H groups in total. The Morgan fingerprint density at radius 1 is 1.65 bits per heavy atom. The van der Waals surface area contributed by atoms with E-state index in [1.807, 2.05) is 6.07 Å². The van der Waals surface area contributed by atoms with Crippen molar-refractivity contribution in [2.75, 3.05) is 6.61 Å². The number of H-pyrrole nitrogens is 1. The molecule has 0 amide bonds. The molecule has 106 valence electrons. The van der Waals surface area contributed by atoms with Gasteiger partial charge in [-0.25, -0.2) is 9.78 Å². The van der Waals surface area contributed by atoms with Gasteiger partial charge >= 0.3 is 5.97 Å². The standard InChI is InChI=1S/C13H16N4O2S/c1-2-19-12(18)10(7-14)9-5-3-4-6-11(9)20-13-15-8-16-17-13/h8,11H,2-6H2,1H3,(H,15,16,17). The van der Waals surface area contributed by atoms with Crippen LogP contribution in [0, 0.1) is 11.3 Å². The summed E-state index contributed by atoms with van der Waals surface area (Å²) < 4.78 is 4.97. The molecule has 6 nitrogen and oxygen atoms in total. The number of carbonyl (C=O) groups is 1. The van der Waals surface area contributed by atoms with Crippen LogP contribution in [0.15, 0.2) is 22.6 Å². The minimum atomic E-state index is -0.518. The summed E-state index contributed by atoms with van der Waals surface area (Å²) in [7, 11) is 0.